The van der Waals surface area contributed by atoms with Crippen LogP contribution < -0.4 is 0 Å². The highest BCUT2D eigenvalue weighted by atomic mass is 32.1. The van der Waals surface area contributed by atoms with Crippen molar-refractivity contribution in [1.29, 1.82) is 0 Å². The van der Waals surface area contributed by atoms with Gasteiger partial charge in [0.25, 0.3) is 0 Å². The third kappa shape index (κ3) is 2.41. The van der Waals surface area contributed by atoms with E-state index in [9.17, 15) is 0 Å². The highest BCUT2D eigenvalue weighted by Gasteiger charge is 2.11. The molecule has 0 aliphatic heterocycles. The Labute approximate surface area is 124 Å². The van der Waals surface area contributed by atoms with Crippen molar-refractivity contribution in [2.75, 3.05) is 0 Å². The summed E-state index contributed by atoms with van der Waals surface area (Å²) < 4.78 is 3.02. The maximum absolute atomic E-state index is 5.50. The zero-order chi connectivity index (χ0) is 14.1. The van der Waals surface area contributed by atoms with E-state index in [1.807, 2.05) is 6.07 Å². The molecule has 1 N–H and O–H groups in total. The molecule has 2 nitrogen and oxygen atoms in total. The fourth-order valence-electron chi connectivity index (χ4n) is 2.73. The second-order valence-electron chi connectivity index (χ2n) is 5.36. The number of H-pyrrole nitrogens is 1. The summed E-state index contributed by atoms with van der Waals surface area (Å²) in [6, 6.07) is 17.3. The molecular weight excluding hydrogens is 264 g/mol. The lowest BCUT2D eigenvalue weighted by Gasteiger charge is -2.14. The number of benzene rings is 2. The van der Waals surface area contributed by atoms with Crippen LogP contribution in [0.25, 0.3) is 11.0 Å². The van der Waals surface area contributed by atoms with Crippen molar-refractivity contribution in [3.05, 3.63) is 64.4 Å². The molecule has 0 fully saturated rings. The lowest BCUT2D eigenvalue weighted by Crippen LogP contribution is -2.08. The second kappa shape index (κ2) is 5.25. The minimum Gasteiger partial charge on any atom is -0.331 e. The fraction of sp³-hybridized carbons (Fsp3) is 0.235. The molecule has 3 rings (SSSR count). The first-order valence-corrected chi connectivity index (χ1v) is 7.31. The van der Waals surface area contributed by atoms with Gasteiger partial charge in [0, 0.05) is 6.04 Å². The quantitative estimate of drug-likeness (QED) is 0.684. The summed E-state index contributed by atoms with van der Waals surface area (Å²) in [6.45, 7) is 4.32. The van der Waals surface area contributed by atoms with Crippen LogP contribution in [0.5, 0.6) is 0 Å². The van der Waals surface area contributed by atoms with Gasteiger partial charge in [-0.2, -0.15) is 0 Å². The van der Waals surface area contributed by atoms with Gasteiger partial charge in [-0.15, -0.1) is 0 Å². The van der Waals surface area contributed by atoms with E-state index in [-0.39, 0.29) is 0 Å². The molecule has 3 heteroatoms. The van der Waals surface area contributed by atoms with Crippen LogP contribution in [0.1, 0.15) is 24.1 Å². The van der Waals surface area contributed by atoms with E-state index in [4.69, 9.17) is 12.2 Å². The average molecular weight is 282 g/mol. The van der Waals surface area contributed by atoms with Gasteiger partial charge in [0.2, 0.25) is 0 Å². The summed E-state index contributed by atoms with van der Waals surface area (Å²) in [4.78, 5) is 3.31. The molecular formula is C17H18N2S. The van der Waals surface area contributed by atoms with E-state index in [1.165, 1.54) is 16.6 Å². The predicted octanol–water partition coefficient (Wildman–Crippen LogP) is 4.81. The molecule has 20 heavy (non-hydrogen) atoms. The molecule has 0 aliphatic rings. The van der Waals surface area contributed by atoms with Crippen molar-refractivity contribution >= 4 is 23.3 Å². The normalized spacial score (nSPS) is 12.7. The summed E-state index contributed by atoms with van der Waals surface area (Å²) in [7, 11) is 0. The van der Waals surface area contributed by atoms with E-state index in [0.717, 1.165) is 16.7 Å². The molecule has 0 saturated carbocycles. The number of aromatic amines is 1. The predicted molar refractivity (Wildman–Crippen MR) is 86.7 cm³/mol. The van der Waals surface area contributed by atoms with Gasteiger partial charge < -0.3 is 9.55 Å². The van der Waals surface area contributed by atoms with Gasteiger partial charge in [-0.05, 0) is 55.7 Å². The standard InChI is InChI=1S/C17H18N2S/c1-12-8-9-16-15(10-12)18-17(20)19(16)13(2)11-14-6-4-3-5-7-14/h3-10,13H,11H2,1-2H3,(H,18,20). The fourth-order valence-corrected chi connectivity index (χ4v) is 3.12. The van der Waals surface area contributed by atoms with Gasteiger partial charge in [0.1, 0.15) is 0 Å². The molecule has 3 aromatic rings. The zero-order valence-electron chi connectivity index (χ0n) is 11.8. The van der Waals surface area contributed by atoms with Gasteiger partial charge >= 0.3 is 0 Å². The lowest BCUT2D eigenvalue weighted by atomic mass is 10.1. The highest BCUT2D eigenvalue weighted by molar-refractivity contribution is 7.71. The molecule has 0 radical (unpaired) electrons. The second-order valence-corrected chi connectivity index (χ2v) is 5.75. The van der Waals surface area contributed by atoms with Crippen molar-refractivity contribution in [2.24, 2.45) is 0 Å². The van der Waals surface area contributed by atoms with Crippen LogP contribution in [-0.2, 0) is 6.42 Å². The first-order valence-electron chi connectivity index (χ1n) is 6.90. The topological polar surface area (TPSA) is 20.7 Å². The SMILES string of the molecule is Cc1ccc2c(c1)[nH]c(=S)n2C(C)Cc1ccccc1. The molecule has 0 amide bonds. The summed E-state index contributed by atoms with van der Waals surface area (Å²) in [5.41, 5.74) is 4.89. The maximum Gasteiger partial charge on any atom is 0.178 e. The first-order chi connectivity index (χ1) is 9.65. The van der Waals surface area contributed by atoms with Crippen molar-refractivity contribution in [3.63, 3.8) is 0 Å². The Morgan fingerprint density at radius 2 is 1.90 bits per heavy atom. The smallest absolute Gasteiger partial charge is 0.178 e. The van der Waals surface area contributed by atoms with Crippen LogP contribution in [0.3, 0.4) is 0 Å². The largest absolute Gasteiger partial charge is 0.331 e. The number of hydrogen-bond donors (Lipinski definition) is 1. The number of nitrogens with one attached hydrogen (secondary N) is 1. The minimum absolute atomic E-state index is 0.335. The first kappa shape index (κ1) is 13.1. The minimum atomic E-state index is 0.335. The summed E-state index contributed by atoms with van der Waals surface area (Å²) in [6.07, 6.45) is 0.982. The van der Waals surface area contributed by atoms with E-state index in [1.54, 1.807) is 0 Å². The van der Waals surface area contributed by atoms with Gasteiger partial charge in [-0.1, -0.05) is 36.4 Å². The Balaban J connectivity index is 2.01. The average Bonchev–Trinajstić information content (AvgIpc) is 2.74. The molecule has 2 aromatic carbocycles. The third-order valence-corrected chi connectivity index (χ3v) is 3.99. The Bertz CT molecular complexity index is 784. The van der Waals surface area contributed by atoms with E-state index in [0.29, 0.717) is 6.04 Å². The number of aryl methyl sites for hydroxylation is 1. The Kier molecular flexibility index (Phi) is 3.45. The number of imidazole rings is 1. The van der Waals surface area contributed by atoms with Gasteiger partial charge in [-0.3, -0.25) is 0 Å². The lowest BCUT2D eigenvalue weighted by molar-refractivity contribution is 0.553. The monoisotopic (exact) mass is 282 g/mol. The van der Waals surface area contributed by atoms with Crippen molar-refractivity contribution < 1.29 is 0 Å². The number of fused-ring (bicyclic) bond motifs is 1. The van der Waals surface area contributed by atoms with Crippen LogP contribution >= 0.6 is 12.2 Å². The number of aromatic nitrogens is 2. The third-order valence-electron chi connectivity index (χ3n) is 3.69. The van der Waals surface area contributed by atoms with Crippen LogP contribution in [0.4, 0.5) is 0 Å². The molecule has 1 unspecified atom stereocenters. The molecule has 102 valence electrons. The molecule has 0 saturated heterocycles. The Hall–Kier alpha value is -1.87. The molecule has 0 aliphatic carbocycles. The number of hydrogen-bond acceptors (Lipinski definition) is 1. The van der Waals surface area contributed by atoms with Crippen LogP contribution in [0.2, 0.25) is 0 Å². The molecule has 1 aromatic heterocycles. The van der Waals surface area contributed by atoms with Crippen LogP contribution in [0, 0.1) is 11.7 Å². The molecule has 1 heterocycles. The number of rotatable bonds is 3. The highest BCUT2D eigenvalue weighted by Crippen LogP contribution is 2.22. The maximum atomic E-state index is 5.50. The molecule has 0 spiro atoms. The van der Waals surface area contributed by atoms with Crippen LogP contribution in [-0.4, -0.2) is 9.55 Å². The van der Waals surface area contributed by atoms with Crippen molar-refractivity contribution in [1.82, 2.24) is 9.55 Å². The zero-order valence-corrected chi connectivity index (χ0v) is 12.6. The number of nitrogens with zero attached hydrogens (tertiary/aromatic N) is 1. The van der Waals surface area contributed by atoms with Crippen LogP contribution in [0.15, 0.2) is 48.5 Å². The Morgan fingerprint density at radius 3 is 2.65 bits per heavy atom. The Morgan fingerprint density at radius 1 is 1.15 bits per heavy atom. The van der Waals surface area contributed by atoms with Crippen molar-refractivity contribution in [3.8, 4) is 0 Å². The molecule has 0 bridgehead atoms. The van der Waals surface area contributed by atoms with E-state index < -0.39 is 0 Å². The van der Waals surface area contributed by atoms with E-state index >= 15 is 0 Å². The van der Waals surface area contributed by atoms with Gasteiger partial charge in [0.05, 0.1) is 11.0 Å². The van der Waals surface area contributed by atoms with Crippen molar-refractivity contribution in [2.45, 2.75) is 26.3 Å². The molecule has 1 atom stereocenters. The van der Waals surface area contributed by atoms with Gasteiger partial charge in [-0.25, -0.2) is 0 Å². The summed E-state index contributed by atoms with van der Waals surface area (Å²) in [5, 5.41) is 0. The van der Waals surface area contributed by atoms with E-state index in [2.05, 4.69) is 65.9 Å². The summed E-state index contributed by atoms with van der Waals surface area (Å²) >= 11 is 5.50. The van der Waals surface area contributed by atoms with Gasteiger partial charge in [0.15, 0.2) is 4.77 Å². The summed E-state index contributed by atoms with van der Waals surface area (Å²) in [5.74, 6) is 0.